The van der Waals surface area contributed by atoms with E-state index < -0.39 is 5.91 Å². The number of para-hydroxylation sites is 1. The van der Waals surface area contributed by atoms with Crippen LogP contribution in [-0.2, 0) is 11.3 Å². The first kappa shape index (κ1) is 18.4. The van der Waals surface area contributed by atoms with Gasteiger partial charge in [-0.05, 0) is 24.6 Å². The van der Waals surface area contributed by atoms with Crippen LogP contribution in [0, 0.1) is 6.92 Å². The van der Waals surface area contributed by atoms with Crippen LogP contribution < -0.4 is 5.73 Å². The smallest absolute Gasteiger partial charge is 0.257 e. The van der Waals surface area contributed by atoms with Crippen LogP contribution in [0.3, 0.4) is 0 Å². The van der Waals surface area contributed by atoms with Crippen molar-refractivity contribution in [2.45, 2.75) is 19.9 Å². The number of nitrogens with two attached hydrogens (primary N) is 1. The normalized spacial score (nSPS) is 10.6. The zero-order valence-corrected chi connectivity index (χ0v) is 15.2. The first-order valence-corrected chi connectivity index (χ1v) is 8.78. The highest BCUT2D eigenvalue weighted by Crippen LogP contribution is 2.17. The summed E-state index contributed by atoms with van der Waals surface area (Å²) >= 11 is 0. The third-order valence-corrected chi connectivity index (χ3v) is 4.37. The van der Waals surface area contributed by atoms with Gasteiger partial charge in [0.05, 0.1) is 23.1 Å². The Bertz CT molecular complexity index is 920. The fraction of sp³-hybridized carbons (Fsp3) is 0.190. The molecule has 1 aromatic heterocycles. The lowest BCUT2D eigenvalue weighted by Gasteiger charge is -2.22. The number of hydrogen-bond donors (Lipinski definition) is 1. The highest BCUT2D eigenvalue weighted by atomic mass is 16.2. The minimum absolute atomic E-state index is 0.116. The minimum Gasteiger partial charge on any atom is -0.370 e. The lowest BCUT2D eigenvalue weighted by Crippen LogP contribution is -2.34. The molecule has 0 fully saturated rings. The van der Waals surface area contributed by atoms with Gasteiger partial charge in [-0.3, -0.25) is 9.59 Å². The molecule has 3 aromatic rings. The number of primary amides is 1. The molecule has 0 aliphatic rings. The van der Waals surface area contributed by atoms with Crippen LogP contribution in [-0.4, -0.2) is 33.0 Å². The molecule has 0 saturated heterocycles. The molecular weight excluding hydrogens is 340 g/mol. The second-order valence-corrected chi connectivity index (χ2v) is 6.32. The van der Waals surface area contributed by atoms with Gasteiger partial charge < -0.3 is 10.6 Å². The standard InChI is InChI=1S/C21H22N4O2/c1-16-19(14-23-25(16)18-10-6-3-7-11-18)21(27)24(13-12-20(22)26)15-17-8-4-2-5-9-17/h2-11,14H,12-13,15H2,1H3,(H2,22,26). The Kier molecular flexibility index (Phi) is 5.66. The molecule has 27 heavy (non-hydrogen) atoms. The fourth-order valence-corrected chi connectivity index (χ4v) is 2.92. The summed E-state index contributed by atoms with van der Waals surface area (Å²) in [4.78, 5) is 26.0. The summed E-state index contributed by atoms with van der Waals surface area (Å²) in [5.41, 5.74) is 8.43. The number of benzene rings is 2. The largest absolute Gasteiger partial charge is 0.370 e. The Morgan fingerprint density at radius 3 is 2.30 bits per heavy atom. The Labute approximate surface area is 158 Å². The number of hydrogen-bond acceptors (Lipinski definition) is 3. The van der Waals surface area contributed by atoms with Crippen molar-refractivity contribution in [3.63, 3.8) is 0 Å². The summed E-state index contributed by atoms with van der Waals surface area (Å²) in [5.74, 6) is -0.600. The van der Waals surface area contributed by atoms with Crippen molar-refractivity contribution in [2.24, 2.45) is 5.73 Å². The number of nitrogens with zero attached hydrogens (tertiary/aromatic N) is 3. The van der Waals surface area contributed by atoms with Gasteiger partial charge in [0, 0.05) is 19.5 Å². The lowest BCUT2D eigenvalue weighted by atomic mass is 10.1. The van der Waals surface area contributed by atoms with Gasteiger partial charge in [-0.15, -0.1) is 0 Å². The topological polar surface area (TPSA) is 81.2 Å². The summed E-state index contributed by atoms with van der Waals surface area (Å²) in [7, 11) is 0. The summed E-state index contributed by atoms with van der Waals surface area (Å²) in [6.07, 6.45) is 1.69. The molecule has 6 nitrogen and oxygen atoms in total. The Balaban J connectivity index is 1.87. The van der Waals surface area contributed by atoms with E-state index in [0.29, 0.717) is 12.1 Å². The molecule has 0 radical (unpaired) electrons. The predicted molar refractivity (Wildman–Crippen MR) is 103 cm³/mol. The number of amides is 2. The van der Waals surface area contributed by atoms with E-state index in [0.717, 1.165) is 16.9 Å². The van der Waals surface area contributed by atoms with Gasteiger partial charge in [-0.1, -0.05) is 48.5 Å². The van der Waals surface area contributed by atoms with Crippen molar-refractivity contribution in [1.29, 1.82) is 0 Å². The van der Waals surface area contributed by atoms with Crippen molar-refractivity contribution in [2.75, 3.05) is 6.54 Å². The molecule has 0 bridgehead atoms. The van der Waals surface area contributed by atoms with E-state index >= 15 is 0 Å². The van der Waals surface area contributed by atoms with Crippen molar-refractivity contribution < 1.29 is 9.59 Å². The number of carbonyl (C=O) groups excluding carboxylic acids is 2. The predicted octanol–water partition coefficient (Wildman–Crippen LogP) is 2.70. The molecule has 6 heteroatoms. The highest BCUT2D eigenvalue weighted by molar-refractivity contribution is 5.95. The van der Waals surface area contributed by atoms with Gasteiger partial charge in [-0.2, -0.15) is 5.10 Å². The summed E-state index contributed by atoms with van der Waals surface area (Å²) in [6, 6.07) is 19.3. The number of rotatable bonds is 7. The third-order valence-electron chi connectivity index (χ3n) is 4.37. The molecule has 0 unspecified atom stereocenters. The van der Waals surface area contributed by atoms with Crippen molar-refractivity contribution in [3.8, 4) is 5.69 Å². The van der Waals surface area contributed by atoms with E-state index in [4.69, 9.17) is 5.73 Å². The first-order chi connectivity index (χ1) is 13.1. The maximum atomic E-state index is 13.1. The molecule has 0 atom stereocenters. The van der Waals surface area contributed by atoms with Crippen molar-refractivity contribution in [1.82, 2.24) is 14.7 Å². The van der Waals surface area contributed by atoms with Crippen LogP contribution in [0.1, 0.15) is 28.0 Å². The van der Waals surface area contributed by atoms with Crippen molar-refractivity contribution >= 4 is 11.8 Å². The Morgan fingerprint density at radius 1 is 1.04 bits per heavy atom. The molecule has 2 aromatic carbocycles. The number of carbonyl (C=O) groups is 2. The van der Waals surface area contributed by atoms with Gasteiger partial charge in [0.2, 0.25) is 5.91 Å². The van der Waals surface area contributed by atoms with Crippen LogP contribution in [0.15, 0.2) is 66.9 Å². The molecule has 0 aliphatic carbocycles. The van der Waals surface area contributed by atoms with E-state index in [9.17, 15) is 9.59 Å². The van der Waals surface area contributed by atoms with E-state index in [-0.39, 0.29) is 18.9 Å². The van der Waals surface area contributed by atoms with Gasteiger partial charge in [0.1, 0.15) is 0 Å². The lowest BCUT2D eigenvalue weighted by molar-refractivity contribution is -0.118. The minimum atomic E-state index is -0.433. The Hall–Kier alpha value is -3.41. The molecule has 1 heterocycles. The van der Waals surface area contributed by atoms with Crippen LogP contribution in [0.2, 0.25) is 0 Å². The molecule has 2 N–H and O–H groups in total. The second-order valence-electron chi connectivity index (χ2n) is 6.32. The van der Waals surface area contributed by atoms with Crippen LogP contribution in [0.5, 0.6) is 0 Å². The molecule has 3 rings (SSSR count). The SMILES string of the molecule is Cc1c(C(=O)N(CCC(N)=O)Cc2ccccc2)cnn1-c1ccccc1. The molecule has 0 saturated carbocycles. The third kappa shape index (κ3) is 4.41. The first-order valence-electron chi connectivity index (χ1n) is 8.78. The van der Waals surface area contributed by atoms with E-state index in [1.54, 1.807) is 15.8 Å². The fourth-order valence-electron chi connectivity index (χ4n) is 2.92. The molecular formula is C21H22N4O2. The Morgan fingerprint density at radius 2 is 1.67 bits per heavy atom. The van der Waals surface area contributed by atoms with Crippen molar-refractivity contribution in [3.05, 3.63) is 83.7 Å². The van der Waals surface area contributed by atoms with E-state index in [1.165, 1.54) is 0 Å². The van der Waals surface area contributed by atoms with Gasteiger partial charge >= 0.3 is 0 Å². The van der Waals surface area contributed by atoms with Crippen LogP contribution in [0.4, 0.5) is 0 Å². The van der Waals surface area contributed by atoms with Gasteiger partial charge in [-0.25, -0.2) is 4.68 Å². The quantitative estimate of drug-likeness (QED) is 0.702. The van der Waals surface area contributed by atoms with Gasteiger partial charge in [0.25, 0.3) is 5.91 Å². The maximum absolute atomic E-state index is 13.1. The molecule has 138 valence electrons. The highest BCUT2D eigenvalue weighted by Gasteiger charge is 2.22. The van der Waals surface area contributed by atoms with Crippen LogP contribution in [0.25, 0.3) is 5.69 Å². The average molecular weight is 362 g/mol. The maximum Gasteiger partial charge on any atom is 0.257 e. The molecule has 0 aliphatic heterocycles. The summed E-state index contributed by atoms with van der Waals surface area (Å²) in [6.45, 7) is 2.53. The van der Waals surface area contributed by atoms with E-state index in [2.05, 4.69) is 5.10 Å². The van der Waals surface area contributed by atoms with E-state index in [1.807, 2.05) is 67.6 Å². The monoisotopic (exact) mass is 362 g/mol. The second kappa shape index (κ2) is 8.31. The summed E-state index contributed by atoms with van der Waals surface area (Å²) < 4.78 is 1.74. The molecule has 0 spiro atoms. The zero-order valence-electron chi connectivity index (χ0n) is 15.2. The molecule has 2 amide bonds. The van der Waals surface area contributed by atoms with Crippen LogP contribution >= 0.6 is 0 Å². The number of aromatic nitrogens is 2. The summed E-state index contributed by atoms with van der Waals surface area (Å²) in [5, 5.41) is 4.37. The average Bonchev–Trinajstić information content (AvgIpc) is 3.07. The zero-order chi connectivity index (χ0) is 19.2. The van der Waals surface area contributed by atoms with Gasteiger partial charge in [0.15, 0.2) is 0 Å².